The van der Waals surface area contributed by atoms with Crippen molar-refractivity contribution in [3.63, 3.8) is 0 Å². The Morgan fingerprint density at radius 3 is 2.65 bits per heavy atom. The number of benzene rings is 2. The summed E-state index contributed by atoms with van der Waals surface area (Å²) in [6.45, 7) is 4.80. The van der Waals surface area contributed by atoms with Crippen LogP contribution in [0.1, 0.15) is 54.4 Å². The highest BCUT2D eigenvalue weighted by Crippen LogP contribution is 2.42. The molecule has 1 saturated heterocycles. The zero-order valence-corrected chi connectivity index (χ0v) is 20.0. The van der Waals surface area contributed by atoms with Crippen LogP contribution in [-0.4, -0.2) is 43.4 Å². The van der Waals surface area contributed by atoms with Crippen molar-refractivity contribution in [2.24, 2.45) is 5.92 Å². The number of carbonyl (C=O) groups is 1. The van der Waals surface area contributed by atoms with Crippen molar-refractivity contribution < 1.29 is 22.4 Å². The second-order valence-corrected chi connectivity index (χ2v) is 11.7. The summed E-state index contributed by atoms with van der Waals surface area (Å²) >= 11 is 0. The van der Waals surface area contributed by atoms with Gasteiger partial charge in [-0.3, -0.25) is 9.59 Å². The van der Waals surface area contributed by atoms with Crippen molar-refractivity contribution >= 4 is 26.7 Å². The van der Waals surface area contributed by atoms with E-state index >= 15 is 0 Å². The van der Waals surface area contributed by atoms with Crippen molar-refractivity contribution in [2.75, 3.05) is 18.1 Å². The van der Waals surface area contributed by atoms with Crippen LogP contribution in [0.25, 0.3) is 11.0 Å². The molecule has 0 radical (unpaired) electrons. The number of para-hydroxylation sites is 1. The van der Waals surface area contributed by atoms with Crippen molar-refractivity contribution in [3.8, 4) is 5.75 Å². The molecule has 1 amide bonds. The molecule has 0 saturated carbocycles. The van der Waals surface area contributed by atoms with Gasteiger partial charge in [0.05, 0.1) is 35.1 Å². The Bertz CT molecular complexity index is 1420. The van der Waals surface area contributed by atoms with E-state index in [0.29, 0.717) is 41.2 Å². The average Bonchev–Trinajstić information content (AvgIpc) is 3.30. The predicted molar refractivity (Wildman–Crippen MR) is 129 cm³/mol. The summed E-state index contributed by atoms with van der Waals surface area (Å²) in [4.78, 5) is 28.7. The van der Waals surface area contributed by atoms with Gasteiger partial charge in [0.25, 0.3) is 5.91 Å². The van der Waals surface area contributed by atoms with Gasteiger partial charge in [0.15, 0.2) is 15.3 Å². The monoisotopic (exact) mass is 481 g/mol. The topological polar surface area (TPSA) is 93.9 Å². The maximum Gasteiger partial charge on any atom is 0.291 e. The first kappa shape index (κ1) is 22.7. The van der Waals surface area contributed by atoms with E-state index in [1.807, 2.05) is 24.3 Å². The van der Waals surface area contributed by atoms with Crippen molar-refractivity contribution in [3.05, 3.63) is 75.6 Å². The summed E-state index contributed by atoms with van der Waals surface area (Å²) in [5.74, 6) is 0.581. The lowest BCUT2D eigenvalue weighted by molar-refractivity contribution is 0.0662. The number of hydrogen-bond acceptors (Lipinski definition) is 6. The zero-order valence-electron chi connectivity index (χ0n) is 19.2. The molecule has 0 spiro atoms. The lowest BCUT2D eigenvalue weighted by atomic mass is 9.97. The van der Waals surface area contributed by atoms with E-state index in [1.165, 1.54) is 4.90 Å². The molecule has 5 rings (SSSR count). The first-order valence-electron chi connectivity index (χ1n) is 11.6. The summed E-state index contributed by atoms with van der Waals surface area (Å²) in [6, 6.07) is 12.9. The third-order valence-corrected chi connectivity index (χ3v) is 8.30. The summed E-state index contributed by atoms with van der Waals surface area (Å²) in [6.07, 6.45) is 1.23. The third-order valence-electron chi connectivity index (χ3n) is 6.55. The molecule has 1 aromatic heterocycles. The Labute approximate surface area is 198 Å². The zero-order chi connectivity index (χ0) is 24.0. The van der Waals surface area contributed by atoms with E-state index in [9.17, 15) is 18.0 Å². The molecule has 0 bridgehead atoms. The van der Waals surface area contributed by atoms with Crippen LogP contribution in [0.3, 0.4) is 0 Å². The molecule has 178 valence electrons. The molecule has 2 atom stereocenters. The Morgan fingerprint density at radius 1 is 1.12 bits per heavy atom. The van der Waals surface area contributed by atoms with Crippen LogP contribution < -0.4 is 10.2 Å². The van der Waals surface area contributed by atoms with Crippen LogP contribution in [0.4, 0.5) is 0 Å². The summed E-state index contributed by atoms with van der Waals surface area (Å²) < 4.78 is 36.4. The molecule has 2 aromatic carbocycles. The van der Waals surface area contributed by atoms with Crippen molar-refractivity contribution in [1.29, 1.82) is 0 Å². The number of hydrogen-bond donors (Lipinski definition) is 0. The third kappa shape index (κ3) is 4.00. The number of nitrogens with zero attached hydrogens (tertiary/aromatic N) is 1. The number of carbonyl (C=O) groups excluding carboxylic acids is 1. The highest BCUT2D eigenvalue weighted by atomic mass is 32.2. The predicted octanol–water partition coefficient (Wildman–Crippen LogP) is 3.95. The van der Waals surface area contributed by atoms with Crippen LogP contribution in [0.2, 0.25) is 0 Å². The lowest BCUT2D eigenvalue weighted by Gasteiger charge is -2.30. The Kier molecular flexibility index (Phi) is 5.72. The van der Waals surface area contributed by atoms with Crippen LogP contribution in [-0.2, 0) is 9.84 Å². The molecule has 3 heterocycles. The minimum atomic E-state index is -3.25. The first-order valence-corrected chi connectivity index (χ1v) is 13.4. The van der Waals surface area contributed by atoms with Gasteiger partial charge in [-0.1, -0.05) is 38.1 Å². The smallest absolute Gasteiger partial charge is 0.291 e. The molecule has 2 aliphatic heterocycles. The van der Waals surface area contributed by atoms with Gasteiger partial charge in [-0.25, -0.2) is 8.42 Å². The largest absolute Gasteiger partial charge is 0.494 e. The molecule has 2 aliphatic rings. The number of rotatable bonds is 6. The maximum atomic E-state index is 13.6. The number of sulfone groups is 1. The second-order valence-electron chi connectivity index (χ2n) is 9.45. The molecular formula is C26H27NO6S. The molecule has 34 heavy (non-hydrogen) atoms. The molecule has 0 aliphatic carbocycles. The average molecular weight is 482 g/mol. The fourth-order valence-corrected chi connectivity index (χ4v) is 6.53. The fraction of sp³-hybridized carbons (Fsp3) is 0.385. The quantitative estimate of drug-likeness (QED) is 0.529. The molecule has 1 fully saturated rings. The van der Waals surface area contributed by atoms with Gasteiger partial charge in [0.1, 0.15) is 11.3 Å². The van der Waals surface area contributed by atoms with Crippen LogP contribution in [0.15, 0.2) is 57.7 Å². The van der Waals surface area contributed by atoms with E-state index in [0.717, 1.165) is 6.42 Å². The number of amides is 1. The van der Waals surface area contributed by atoms with Gasteiger partial charge in [-0.05, 0) is 48.6 Å². The van der Waals surface area contributed by atoms with Crippen LogP contribution in [0.5, 0.6) is 5.75 Å². The Morgan fingerprint density at radius 2 is 1.91 bits per heavy atom. The van der Waals surface area contributed by atoms with Crippen molar-refractivity contribution in [1.82, 2.24) is 4.90 Å². The lowest BCUT2D eigenvalue weighted by Crippen LogP contribution is -2.40. The van der Waals surface area contributed by atoms with Crippen molar-refractivity contribution in [2.45, 2.75) is 38.8 Å². The summed E-state index contributed by atoms with van der Waals surface area (Å²) in [7, 11) is -3.25. The van der Waals surface area contributed by atoms with Crippen LogP contribution in [0, 0.1) is 5.92 Å². The SMILES string of the molecule is CC(C)CCOc1cccc([C@H]2c3c(oc4ccccc4c3=O)C(=O)N2[C@H]2CCS(=O)(=O)C2)c1. The maximum absolute atomic E-state index is 13.6. The molecule has 3 aromatic rings. The van der Waals surface area contributed by atoms with E-state index < -0.39 is 27.8 Å². The fourth-order valence-electron chi connectivity index (χ4n) is 4.82. The van der Waals surface area contributed by atoms with Gasteiger partial charge in [-0.15, -0.1) is 0 Å². The first-order chi connectivity index (χ1) is 16.2. The summed E-state index contributed by atoms with van der Waals surface area (Å²) in [5.41, 5.74) is 1.02. The highest BCUT2D eigenvalue weighted by molar-refractivity contribution is 7.91. The van der Waals surface area contributed by atoms with E-state index in [2.05, 4.69) is 13.8 Å². The minimum absolute atomic E-state index is 0.0101. The summed E-state index contributed by atoms with van der Waals surface area (Å²) in [5, 5.41) is 0.393. The number of fused-ring (bicyclic) bond motifs is 2. The molecule has 7 nitrogen and oxygen atoms in total. The van der Waals surface area contributed by atoms with E-state index in [-0.39, 0.29) is 28.3 Å². The highest BCUT2D eigenvalue weighted by Gasteiger charge is 2.48. The molecule has 0 unspecified atom stereocenters. The Balaban J connectivity index is 1.63. The van der Waals surface area contributed by atoms with Gasteiger partial charge in [0, 0.05) is 6.04 Å². The minimum Gasteiger partial charge on any atom is -0.494 e. The number of ether oxygens (including phenoxy) is 1. The molecule has 0 N–H and O–H groups in total. The van der Waals surface area contributed by atoms with Gasteiger partial charge in [-0.2, -0.15) is 0 Å². The molecule has 8 heteroatoms. The van der Waals surface area contributed by atoms with Gasteiger partial charge < -0.3 is 14.1 Å². The standard InChI is InChI=1S/C26H27NO6S/c1-16(2)10-12-32-19-7-5-6-17(14-19)23-22-24(28)20-8-3-4-9-21(20)33-25(22)26(29)27(23)18-11-13-34(30,31)15-18/h3-9,14,16,18,23H,10-13,15H2,1-2H3/t18-,23-/m0/s1. The second kappa shape index (κ2) is 8.58. The van der Waals surface area contributed by atoms with E-state index in [1.54, 1.807) is 24.3 Å². The van der Waals surface area contributed by atoms with Crippen LogP contribution >= 0.6 is 0 Å². The van der Waals surface area contributed by atoms with Gasteiger partial charge in [0.2, 0.25) is 5.76 Å². The molecular weight excluding hydrogens is 454 g/mol. The van der Waals surface area contributed by atoms with Gasteiger partial charge >= 0.3 is 0 Å². The van der Waals surface area contributed by atoms with E-state index in [4.69, 9.17) is 9.15 Å². The Hall–Kier alpha value is -3.13. The normalized spacial score (nSPS) is 21.4.